The van der Waals surface area contributed by atoms with Crippen LogP contribution in [-0.4, -0.2) is 33.6 Å². The summed E-state index contributed by atoms with van der Waals surface area (Å²) in [5, 5.41) is 4.45. The van der Waals surface area contributed by atoms with Crippen LogP contribution in [0.25, 0.3) is 129 Å². The normalized spacial score (nSPS) is 11.8. The Bertz CT molecular complexity index is 4140. The minimum Gasteiger partial charge on any atom is -0.309 e. The van der Waals surface area contributed by atoms with Crippen LogP contribution < -0.4 is 0 Å². The van der Waals surface area contributed by atoms with E-state index < -0.39 is 0 Å². The third-order valence-electron chi connectivity index (χ3n) is 13.5. The second-order valence-corrected chi connectivity index (χ2v) is 17.5. The fourth-order valence-corrected chi connectivity index (χ4v) is 10.3. The van der Waals surface area contributed by atoms with E-state index >= 15 is 0 Å². The summed E-state index contributed by atoms with van der Waals surface area (Å²) in [5.74, 6) is 0. The van der Waals surface area contributed by atoms with Gasteiger partial charge in [0, 0.05) is 66.9 Å². The molecule has 6 aromatic heterocycles. The van der Waals surface area contributed by atoms with E-state index in [9.17, 15) is 0 Å². The molecule has 0 spiro atoms. The van der Waals surface area contributed by atoms with Gasteiger partial charge < -0.3 is 13.7 Å². The van der Waals surface area contributed by atoms with Gasteiger partial charge in [-0.3, -0.25) is 9.97 Å². The molecule has 0 radical (unpaired) electrons. The number of hydrogen-bond acceptors (Lipinski definition) is 4. The van der Waals surface area contributed by atoms with E-state index in [2.05, 4.69) is 209 Å². The first-order valence-corrected chi connectivity index (χ1v) is 23.5. The molecule has 0 saturated heterocycles. The molecule has 0 aliphatic heterocycles. The van der Waals surface area contributed by atoms with Crippen LogP contribution in [0.1, 0.15) is 18.2 Å². The van der Waals surface area contributed by atoms with Crippen LogP contribution >= 0.6 is 0 Å². The number of nitrogens with zero attached hydrogens (tertiary/aromatic N) is 7. The summed E-state index contributed by atoms with van der Waals surface area (Å²) < 4.78 is 6.98. The molecular weight excluding hydrogens is 855 g/mol. The van der Waals surface area contributed by atoms with Gasteiger partial charge in [-0.25, -0.2) is 9.97 Å². The maximum atomic E-state index is 5.30. The number of aromatic nitrogens is 7. The van der Waals surface area contributed by atoms with Crippen molar-refractivity contribution in [1.29, 1.82) is 0 Å². The highest BCUT2D eigenvalue weighted by molar-refractivity contribution is 6.11. The third kappa shape index (κ3) is 6.66. The molecule has 7 aromatic carbocycles. The van der Waals surface area contributed by atoms with Crippen LogP contribution in [0.2, 0.25) is 0 Å². The lowest BCUT2D eigenvalue weighted by molar-refractivity contribution is 1.11. The quantitative estimate of drug-likeness (QED) is 0.145. The Morgan fingerprint density at radius 1 is 0.414 bits per heavy atom. The number of hydrogen-bond donors (Lipinski definition) is 0. The molecule has 0 unspecified atom stereocenters. The zero-order valence-electron chi connectivity index (χ0n) is 38.3. The highest BCUT2D eigenvalue weighted by Gasteiger charge is 2.21. The summed E-state index contributed by atoms with van der Waals surface area (Å²) in [6.07, 6.45) is 11.8. The number of para-hydroxylation sites is 2. The van der Waals surface area contributed by atoms with Gasteiger partial charge in [0.1, 0.15) is 0 Å². The number of benzene rings is 7. The molecule has 0 N–H and O–H groups in total. The fourth-order valence-electron chi connectivity index (χ4n) is 10.3. The first kappa shape index (κ1) is 40.8. The molecule has 0 saturated carbocycles. The van der Waals surface area contributed by atoms with Crippen molar-refractivity contribution in [2.45, 2.75) is 6.92 Å². The molecule has 6 heterocycles. The summed E-state index contributed by atoms with van der Waals surface area (Å²) in [5.41, 5.74) is 19.2. The lowest BCUT2D eigenvalue weighted by Gasteiger charge is -2.13. The van der Waals surface area contributed by atoms with Crippen LogP contribution in [0.3, 0.4) is 0 Å². The highest BCUT2D eigenvalue weighted by atomic mass is 15.0. The van der Waals surface area contributed by atoms with E-state index in [4.69, 9.17) is 19.9 Å². The van der Waals surface area contributed by atoms with Gasteiger partial charge in [0.05, 0.1) is 79.7 Å². The van der Waals surface area contributed by atoms with E-state index in [1.165, 1.54) is 0 Å². The average Bonchev–Trinajstić information content (AvgIpc) is 4.06. The predicted octanol–water partition coefficient (Wildman–Crippen LogP) is 15.7. The van der Waals surface area contributed by atoms with Crippen molar-refractivity contribution in [3.63, 3.8) is 0 Å². The van der Waals surface area contributed by atoms with Crippen molar-refractivity contribution in [2.24, 2.45) is 0 Å². The Morgan fingerprint density at radius 3 is 1.66 bits per heavy atom. The Kier molecular flexibility index (Phi) is 9.73. The average molecular weight is 898 g/mol. The van der Waals surface area contributed by atoms with Crippen molar-refractivity contribution in [3.8, 4) is 62.1 Å². The van der Waals surface area contributed by atoms with Crippen molar-refractivity contribution in [2.75, 3.05) is 0 Å². The molecule has 7 nitrogen and oxygen atoms in total. The number of allylic oxidation sites excluding steroid dienone is 1. The zero-order valence-corrected chi connectivity index (χ0v) is 38.3. The van der Waals surface area contributed by atoms with Gasteiger partial charge >= 0.3 is 0 Å². The molecule has 13 aromatic rings. The predicted molar refractivity (Wildman–Crippen MR) is 290 cm³/mol. The number of fused-ring (bicyclic) bond motifs is 7. The summed E-state index contributed by atoms with van der Waals surface area (Å²) in [6.45, 7) is 6.38. The standard InChI is InChI=1S/C63H43N7/c1-3-17-57-48(4-2)50-34-43(27-30-59(50)69(57)46-29-32-61-52(36-46)63-62(26-16-33-65-63)68(61)45-22-12-7-13-23-45)55-39-64-40-56(67-55)44-28-31-60-51(35-44)49-24-14-15-25-58(49)70(60)47-37-53(41-18-8-5-9-19-41)66-54(38-47)42-20-10-6-11-21-42/h3-40H,2H2,1H3/b17-3-. The van der Waals surface area contributed by atoms with Crippen LogP contribution in [-0.2, 0) is 0 Å². The molecule has 70 heavy (non-hydrogen) atoms. The third-order valence-corrected chi connectivity index (χ3v) is 13.5. The van der Waals surface area contributed by atoms with Crippen LogP contribution in [0.4, 0.5) is 0 Å². The molecule has 0 aliphatic rings. The van der Waals surface area contributed by atoms with Gasteiger partial charge in [0.25, 0.3) is 0 Å². The zero-order chi connectivity index (χ0) is 46.7. The lowest BCUT2D eigenvalue weighted by Crippen LogP contribution is -1.98. The number of pyridine rings is 2. The van der Waals surface area contributed by atoms with Crippen LogP contribution in [0.5, 0.6) is 0 Å². The lowest BCUT2D eigenvalue weighted by atomic mass is 10.0. The molecule has 0 amide bonds. The Balaban J connectivity index is 0.914. The first-order chi connectivity index (χ1) is 34.6. The van der Waals surface area contributed by atoms with Gasteiger partial charge in [-0.05, 0) is 97.9 Å². The molecule has 0 bridgehead atoms. The van der Waals surface area contributed by atoms with Crippen molar-refractivity contribution in [1.82, 2.24) is 33.6 Å². The maximum Gasteiger partial charge on any atom is 0.0964 e. The van der Waals surface area contributed by atoms with E-state index in [0.29, 0.717) is 0 Å². The van der Waals surface area contributed by atoms with Gasteiger partial charge in [-0.15, -0.1) is 0 Å². The molecule has 7 heteroatoms. The Labute approximate surface area is 404 Å². The van der Waals surface area contributed by atoms with E-state index in [0.717, 1.165) is 128 Å². The second-order valence-electron chi connectivity index (χ2n) is 17.5. The van der Waals surface area contributed by atoms with E-state index in [1.54, 1.807) is 0 Å². The van der Waals surface area contributed by atoms with Crippen molar-refractivity contribution in [3.05, 3.63) is 237 Å². The maximum absolute atomic E-state index is 5.30. The minimum absolute atomic E-state index is 0.789. The molecular formula is C63H43N7. The summed E-state index contributed by atoms with van der Waals surface area (Å²) >= 11 is 0. The van der Waals surface area contributed by atoms with Crippen molar-refractivity contribution >= 4 is 66.8 Å². The monoisotopic (exact) mass is 897 g/mol. The van der Waals surface area contributed by atoms with Gasteiger partial charge in [0.15, 0.2) is 0 Å². The Morgan fingerprint density at radius 2 is 0.971 bits per heavy atom. The van der Waals surface area contributed by atoms with Gasteiger partial charge in [0.2, 0.25) is 0 Å². The Hall–Kier alpha value is -9.46. The van der Waals surface area contributed by atoms with E-state index in [1.807, 2.05) is 48.9 Å². The van der Waals surface area contributed by atoms with Crippen LogP contribution in [0, 0.1) is 0 Å². The SMILES string of the molecule is C=Cc1c(/C=C\C)n(-c2ccc3c(c2)c2ncccc2n3-c2ccccc2)c2ccc(-c3cncc(-c4ccc5c(c4)c4ccccc4n5-c4cc(-c5ccccc5)nc(-c5ccccc5)c4)n3)cc12. The number of rotatable bonds is 9. The second kappa shape index (κ2) is 16.7. The van der Waals surface area contributed by atoms with Gasteiger partial charge in [-0.2, -0.15) is 0 Å². The summed E-state index contributed by atoms with van der Waals surface area (Å²) in [4.78, 5) is 20.2. The summed E-state index contributed by atoms with van der Waals surface area (Å²) in [6, 6.07) is 68.3. The highest BCUT2D eigenvalue weighted by Crippen LogP contribution is 2.40. The van der Waals surface area contributed by atoms with E-state index in [-0.39, 0.29) is 0 Å². The summed E-state index contributed by atoms with van der Waals surface area (Å²) in [7, 11) is 0. The van der Waals surface area contributed by atoms with Crippen LogP contribution in [0.15, 0.2) is 225 Å². The molecule has 0 atom stereocenters. The molecule has 13 rings (SSSR count). The minimum atomic E-state index is 0.789. The fraction of sp³-hybridized carbons (Fsp3) is 0.0159. The largest absolute Gasteiger partial charge is 0.309 e. The smallest absolute Gasteiger partial charge is 0.0964 e. The molecule has 330 valence electrons. The topological polar surface area (TPSA) is 66.3 Å². The molecule has 0 fully saturated rings. The molecule has 0 aliphatic carbocycles. The van der Waals surface area contributed by atoms with Gasteiger partial charge in [-0.1, -0.05) is 128 Å². The van der Waals surface area contributed by atoms with Crippen molar-refractivity contribution < 1.29 is 0 Å². The first-order valence-electron chi connectivity index (χ1n) is 23.5.